The topological polar surface area (TPSA) is 58.6 Å². The van der Waals surface area contributed by atoms with Crippen molar-refractivity contribution in [1.29, 1.82) is 0 Å². The van der Waals surface area contributed by atoms with E-state index in [9.17, 15) is 8.42 Å². The van der Waals surface area contributed by atoms with Gasteiger partial charge in [0.15, 0.2) is 0 Å². The molecule has 0 aliphatic rings. The summed E-state index contributed by atoms with van der Waals surface area (Å²) in [7, 11) is 0.470. The van der Waals surface area contributed by atoms with Gasteiger partial charge in [0.25, 0.3) is 0 Å². The number of hydrogen-bond acceptors (Lipinski definition) is 4. The fourth-order valence-electron chi connectivity index (χ4n) is 2.16. The molecule has 0 bridgehead atoms. The number of nitrogens with one attached hydrogen (secondary N) is 1. The molecule has 22 heavy (non-hydrogen) atoms. The van der Waals surface area contributed by atoms with E-state index in [4.69, 9.17) is 4.74 Å². The molecule has 0 heterocycles. The average Bonchev–Trinajstić information content (AvgIpc) is 2.44. The third kappa shape index (κ3) is 6.04. The molecule has 0 amide bonds. The van der Waals surface area contributed by atoms with Crippen molar-refractivity contribution in [2.24, 2.45) is 0 Å². The Balaban J connectivity index is 2.76. The highest BCUT2D eigenvalue weighted by atomic mass is 32.2. The Labute approximate surface area is 134 Å². The van der Waals surface area contributed by atoms with E-state index in [0.29, 0.717) is 11.5 Å². The van der Waals surface area contributed by atoms with Crippen LogP contribution in [0.4, 0.5) is 0 Å². The summed E-state index contributed by atoms with van der Waals surface area (Å²) in [6.07, 6.45) is 0.670. The lowest BCUT2D eigenvalue weighted by molar-refractivity contribution is 0.0554. The largest absolute Gasteiger partial charge is 0.377 e. The lowest BCUT2D eigenvalue weighted by atomic mass is 10.2. The monoisotopic (exact) mass is 328 g/mol. The molecule has 1 aromatic carbocycles. The Morgan fingerprint density at radius 2 is 1.95 bits per heavy atom. The van der Waals surface area contributed by atoms with E-state index in [-0.39, 0.29) is 12.6 Å². The molecule has 0 saturated heterocycles. The van der Waals surface area contributed by atoms with E-state index in [0.717, 1.165) is 24.1 Å². The normalized spacial score (nSPS) is 13.5. The van der Waals surface area contributed by atoms with Crippen LogP contribution in [0.2, 0.25) is 0 Å². The van der Waals surface area contributed by atoms with Gasteiger partial charge in [-0.1, -0.05) is 12.1 Å². The smallest absolute Gasteiger partial charge is 0.240 e. The molecule has 5 nitrogen and oxygen atoms in total. The molecule has 0 fully saturated rings. The Hall–Kier alpha value is -0.950. The Kier molecular flexibility index (Phi) is 7.48. The van der Waals surface area contributed by atoms with Crippen molar-refractivity contribution in [2.75, 3.05) is 33.8 Å². The first kappa shape index (κ1) is 19.1. The number of hydrogen-bond donors (Lipinski definition) is 1. The van der Waals surface area contributed by atoms with Gasteiger partial charge in [-0.2, -0.15) is 0 Å². The Morgan fingerprint density at radius 1 is 1.27 bits per heavy atom. The Morgan fingerprint density at radius 3 is 2.55 bits per heavy atom. The molecular weight excluding hydrogens is 300 g/mol. The third-order valence-corrected chi connectivity index (χ3v) is 5.00. The molecule has 6 heteroatoms. The van der Waals surface area contributed by atoms with Crippen molar-refractivity contribution in [2.45, 2.75) is 38.2 Å². The van der Waals surface area contributed by atoms with Crippen LogP contribution in [0.15, 0.2) is 23.1 Å². The summed E-state index contributed by atoms with van der Waals surface area (Å²) >= 11 is 0. The van der Waals surface area contributed by atoms with Crippen molar-refractivity contribution in [3.05, 3.63) is 29.3 Å². The van der Waals surface area contributed by atoms with Crippen molar-refractivity contribution in [3.63, 3.8) is 0 Å². The van der Waals surface area contributed by atoms with Crippen molar-refractivity contribution < 1.29 is 13.2 Å². The van der Waals surface area contributed by atoms with Gasteiger partial charge in [0.1, 0.15) is 0 Å². The first-order valence-electron chi connectivity index (χ1n) is 7.59. The first-order valence-corrected chi connectivity index (χ1v) is 9.07. The maximum Gasteiger partial charge on any atom is 0.240 e. The zero-order valence-electron chi connectivity index (χ0n) is 14.2. The number of aryl methyl sites for hydroxylation is 2. The van der Waals surface area contributed by atoms with Gasteiger partial charge in [0.2, 0.25) is 10.0 Å². The predicted molar refractivity (Wildman–Crippen MR) is 89.7 cm³/mol. The summed E-state index contributed by atoms with van der Waals surface area (Å²) in [4.78, 5) is 2.40. The predicted octanol–water partition coefficient (Wildman–Crippen LogP) is 1.94. The highest BCUT2D eigenvalue weighted by Crippen LogP contribution is 2.16. The summed E-state index contributed by atoms with van der Waals surface area (Å²) in [5.74, 6) is 0. The van der Waals surface area contributed by atoms with Gasteiger partial charge in [0, 0.05) is 19.7 Å². The maximum absolute atomic E-state index is 12.5. The second-order valence-corrected chi connectivity index (χ2v) is 7.53. The third-order valence-electron chi connectivity index (χ3n) is 3.43. The van der Waals surface area contributed by atoms with Crippen LogP contribution in [0.5, 0.6) is 0 Å². The van der Waals surface area contributed by atoms with Crippen LogP contribution < -0.4 is 4.72 Å². The highest BCUT2D eigenvalue weighted by molar-refractivity contribution is 7.89. The quantitative estimate of drug-likeness (QED) is 0.752. The van der Waals surface area contributed by atoms with Crippen LogP contribution in [-0.4, -0.2) is 53.2 Å². The van der Waals surface area contributed by atoms with E-state index in [1.54, 1.807) is 13.0 Å². The van der Waals surface area contributed by atoms with Crippen LogP contribution in [-0.2, 0) is 14.8 Å². The molecule has 0 unspecified atom stereocenters. The standard InChI is InChI=1S/C16H28N2O3S/c1-6-21-15(9-10-18(4)5)12-17-22(19,20)16-11-13(2)7-8-14(16)3/h7-8,11,15,17H,6,9-10,12H2,1-5H3/t15-/m1/s1. The number of rotatable bonds is 9. The van der Waals surface area contributed by atoms with E-state index in [1.165, 1.54) is 0 Å². The summed E-state index contributed by atoms with van der Waals surface area (Å²) in [6, 6.07) is 5.44. The molecule has 0 spiro atoms. The molecule has 0 saturated carbocycles. The minimum atomic E-state index is -3.51. The summed E-state index contributed by atoms with van der Waals surface area (Å²) in [5.41, 5.74) is 1.68. The van der Waals surface area contributed by atoms with Gasteiger partial charge in [-0.05, 0) is 58.5 Å². The van der Waals surface area contributed by atoms with Crippen LogP contribution in [0.1, 0.15) is 24.5 Å². The molecular formula is C16H28N2O3S. The fourth-order valence-corrected chi connectivity index (χ4v) is 3.55. The molecule has 126 valence electrons. The number of nitrogens with zero attached hydrogens (tertiary/aromatic N) is 1. The van der Waals surface area contributed by atoms with Crippen LogP contribution in [0.25, 0.3) is 0 Å². The van der Waals surface area contributed by atoms with Gasteiger partial charge in [-0.3, -0.25) is 0 Å². The van der Waals surface area contributed by atoms with Crippen LogP contribution >= 0.6 is 0 Å². The number of benzene rings is 1. The van der Waals surface area contributed by atoms with Crippen LogP contribution in [0, 0.1) is 13.8 Å². The van der Waals surface area contributed by atoms with E-state index < -0.39 is 10.0 Å². The molecule has 0 aliphatic carbocycles. The Bertz CT molecular complexity index is 571. The van der Waals surface area contributed by atoms with Gasteiger partial charge >= 0.3 is 0 Å². The summed E-state index contributed by atoms with van der Waals surface area (Å²) < 4.78 is 33.3. The SMILES string of the molecule is CCO[C@H](CCN(C)C)CNS(=O)(=O)c1cc(C)ccc1C. The van der Waals surface area contributed by atoms with Gasteiger partial charge in [-0.15, -0.1) is 0 Å². The summed E-state index contributed by atoms with van der Waals surface area (Å²) in [5, 5.41) is 0. The molecule has 1 atom stereocenters. The van der Waals surface area contributed by atoms with Gasteiger partial charge in [-0.25, -0.2) is 13.1 Å². The van der Waals surface area contributed by atoms with Gasteiger partial charge in [0.05, 0.1) is 11.0 Å². The molecule has 1 N–H and O–H groups in total. The zero-order valence-corrected chi connectivity index (χ0v) is 15.0. The van der Waals surface area contributed by atoms with E-state index >= 15 is 0 Å². The van der Waals surface area contributed by atoms with E-state index in [1.807, 2.05) is 40.1 Å². The van der Waals surface area contributed by atoms with Gasteiger partial charge < -0.3 is 9.64 Å². The number of ether oxygens (including phenoxy) is 1. The lowest BCUT2D eigenvalue weighted by Crippen LogP contribution is -2.35. The lowest BCUT2D eigenvalue weighted by Gasteiger charge is -2.20. The molecule has 0 aromatic heterocycles. The molecule has 1 aromatic rings. The first-order chi connectivity index (χ1) is 10.3. The average molecular weight is 328 g/mol. The summed E-state index contributed by atoms with van der Waals surface area (Å²) in [6.45, 7) is 7.33. The van der Waals surface area contributed by atoms with Crippen molar-refractivity contribution in [3.8, 4) is 0 Å². The van der Waals surface area contributed by atoms with E-state index in [2.05, 4.69) is 9.62 Å². The second-order valence-electron chi connectivity index (χ2n) is 5.79. The van der Waals surface area contributed by atoms with Crippen molar-refractivity contribution >= 4 is 10.0 Å². The van der Waals surface area contributed by atoms with Crippen molar-refractivity contribution in [1.82, 2.24) is 9.62 Å². The highest BCUT2D eigenvalue weighted by Gasteiger charge is 2.19. The second kappa shape index (κ2) is 8.62. The minimum Gasteiger partial charge on any atom is -0.377 e. The van der Waals surface area contributed by atoms with Crippen LogP contribution in [0.3, 0.4) is 0 Å². The number of sulfonamides is 1. The minimum absolute atomic E-state index is 0.118. The maximum atomic E-state index is 12.5. The molecule has 1 rings (SSSR count). The molecule has 0 radical (unpaired) electrons. The zero-order chi connectivity index (χ0) is 16.8. The fraction of sp³-hybridized carbons (Fsp3) is 0.625. The molecule has 0 aliphatic heterocycles.